The van der Waals surface area contributed by atoms with Gasteiger partial charge < -0.3 is 16.2 Å². The predicted molar refractivity (Wildman–Crippen MR) is 65.3 cm³/mol. The van der Waals surface area contributed by atoms with Gasteiger partial charge in [0.05, 0.1) is 23.1 Å². The number of rotatable bonds is 5. The number of hydrogen-bond donors (Lipinski definition) is 4. The molecule has 5 nitrogen and oxygen atoms in total. The molecule has 0 bridgehead atoms. The number of aromatic nitrogens is 2. The molecule has 0 radical (unpaired) electrons. The summed E-state index contributed by atoms with van der Waals surface area (Å²) in [6, 6.07) is 3.85. The van der Waals surface area contributed by atoms with Crippen LogP contribution in [-0.2, 0) is 0 Å². The van der Waals surface area contributed by atoms with Crippen molar-refractivity contribution in [3.8, 4) is 0 Å². The Balaban J connectivity index is 2.07. The highest BCUT2D eigenvalue weighted by molar-refractivity contribution is 5.88. The summed E-state index contributed by atoms with van der Waals surface area (Å²) in [5.74, 6) is 0. The summed E-state index contributed by atoms with van der Waals surface area (Å²) >= 11 is 0. The molecule has 0 fully saturated rings. The molecule has 0 saturated heterocycles. The van der Waals surface area contributed by atoms with Crippen molar-refractivity contribution in [2.45, 2.75) is 12.8 Å². The Kier molecular flexibility index (Phi) is 3.26. The summed E-state index contributed by atoms with van der Waals surface area (Å²) in [7, 11) is 0. The van der Waals surface area contributed by atoms with Gasteiger partial charge in [-0.05, 0) is 25.0 Å². The first kappa shape index (κ1) is 10.8. The van der Waals surface area contributed by atoms with Crippen LogP contribution in [0.2, 0.25) is 0 Å². The summed E-state index contributed by atoms with van der Waals surface area (Å²) in [5.41, 5.74) is 8.51. The molecular formula is C11H16N4O. The first-order chi connectivity index (χ1) is 7.81. The van der Waals surface area contributed by atoms with Crippen LogP contribution in [0.3, 0.4) is 0 Å². The van der Waals surface area contributed by atoms with E-state index in [1.165, 1.54) is 0 Å². The molecule has 2 aromatic rings. The fraction of sp³-hybridized carbons (Fsp3) is 0.364. The third-order valence-electron chi connectivity index (χ3n) is 2.51. The zero-order chi connectivity index (χ0) is 11.4. The van der Waals surface area contributed by atoms with Crippen LogP contribution in [0.4, 0.5) is 11.4 Å². The SMILES string of the molecule is Nc1cc2cn[nH]c2cc1NCCCCO. The molecule has 1 heterocycles. The van der Waals surface area contributed by atoms with Gasteiger partial charge in [0.2, 0.25) is 0 Å². The van der Waals surface area contributed by atoms with Crippen molar-refractivity contribution in [2.75, 3.05) is 24.2 Å². The molecule has 0 saturated carbocycles. The summed E-state index contributed by atoms with van der Waals surface area (Å²) in [6.45, 7) is 1.04. The Bertz CT molecular complexity index is 466. The maximum Gasteiger partial charge on any atom is 0.0672 e. The zero-order valence-corrected chi connectivity index (χ0v) is 9.03. The number of aliphatic hydroxyl groups is 1. The van der Waals surface area contributed by atoms with Gasteiger partial charge in [0.15, 0.2) is 0 Å². The van der Waals surface area contributed by atoms with Crippen molar-refractivity contribution in [3.63, 3.8) is 0 Å². The average molecular weight is 220 g/mol. The van der Waals surface area contributed by atoms with Gasteiger partial charge in [-0.15, -0.1) is 0 Å². The van der Waals surface area contributed by atoms with E-state index in [1.807, 2.05) is 12.1 Å². The number of nitrogen functional groups attached to an aromatic ring is 1. The lowest BCUT2D eigenvalue weighted by Crippen LogP contribution is -2.04. The van der Waals surface area contributed by atoms with Crippen LogP contribution >= 0.6 is 0 Å². The van der Waals surface area contributed by atoms with Crippen molar-refractivity contribution in [2.24, 2.45) is 0 Å². The molecule has 0 aliphatic carbocycles. The second kappa shape index (κ2) is 4.85. The topological polar surface area (TPSA) is 87.0 Å². The molecule has 0 unspecified atom stereocenters. The molecule has 0 spiro atoms. The maximum absolute atomic E-state index is 8.67. The highest BCUT2D eigenvalue weighted by atomic mass is 16.2. The van der Waals surface area contributed by atoms with E-state index in [9.17, 15) is 0 Å². The fourth-order valence-electron chi connectivity index (χ4n) is 1.62. The largest absolute Gasteiger partial charge is 0.397 e. The van der Waals surface area contributed by atoms with E-state index in [2.05, 4.69) is 15.5 Å². The van der Waals surface area contributed by atoms with E-state index in [4.69, 9.17) is 10.8 Å². The molecule has 0 atom stereocenters. The van der Waals surface area contributed by atoms with Gasteiger partial charge >= 0.3 is 0 Å². The predicted octanol–water partition coefficient (Wildman–Crippen LogP) is 1.33. The van der Waals surface area contributed by atoms with Crippen molar-refractivity contribution >= 4 is 22.3 Å². The number of fused-ring (bicyclic) bond motifs is 1. The summed E-state index contributed by atoms with van der Waals surface area (Å²) < 4.78 is 0. The van der Waals surface area contributed by atoms with E-state index >= 15 is 0 Å². The quantitative estimate of drug-likeness (QED) is 0.452. The number of nitrogens with one attached hydrogen (secondary N) is 2. The van der Waals surface area contributed by atoms with Gasteiger partial charge in [-0.3, -0.25) is 5.10 Å². The summed E-state index contributed by atoms with van der Waals surface area (Å²) in [6.07, 6.45) is 3.48. The third-order valence-corrected chi connectivity index (χ3v) is 2.51. The van der Waals surface area contributed by atoms with Crippen LogP contribution in [0.15, 0.2) is 18.3 Å². The standard InChI is InChI=1S/C11H16N4O/c12-9-5-8-7-14-15-10(8)6-11(9)13-3-1-2-4-16/h5-7,13,16H,1-4,12H2,(H,14,15). The third kappa shape index (κ3) is 2.25. The monoisotopic (exact) mass is 220 g/mol. The number of benzene rings is 1. The molecule has 0 amide bonds. The minimum atomic E-state index is 0.233. The molecule has 5 N–H and O–H groups in total. The summed E-state index contributed by atoms with van der Waals surface area (Å²) in [5, 5.41) is 19.8. The normalized spacial score (nSPS) is 10.8. The van der Waals surface area contributed by atoms with Crippen LogP contribution in [0.5, 0.6) is 0 Å². The van der Waals surface area contributed by atoms with Crippen molar-refractivity contribution in [1.29, 1.82) is 0 Å². The number of aromatic amines is 1. The van der Waals surface area contributed by atoms with E-state index in [1.54, 1.807) is 6.20 Å². The smallest absolute Gasteiger partial charge is 0.0672 e. The number of hydrogen-bond acceptors (Lipinski definition) is 4. The van der Waals surface area contributed by atoms with Gasteiger partial charge in [0.25, 0.3) is 0 Å². The Morgan fingerprint density at radius 1 is 1.38 bits per heavy atom. The second-order valence-corrected chi connectivity index (χ2v) is 3.75. The second-order valence-electron chi connectivity index (χ2n) is 3.75. The molecular weight excluding hydrogens is 204 g/mol. The molecule has 0 aliphatic heterocycles. The van der Waals surface area contributed by atoms with E-state index in [0.717, 1.165) is 41.7 Å². The van der Waals surface area contributed by atoms with Crippen LogP contribution < -0.4 is 11.1 Å². The number of nitrogens with two attached hydrogens (primary N) is 1. The van der Waals surface area contributed by atoms with Crippen molar-refractivity contribution in [1.82, 2.24) is 10.2 Å². The van der Waals surface area contributed by atoms with E-state index < -0.39 is 0 Å². The van der Waals surface area contributed by atoms with E-state index in [0.29, 0.717) is 0 Å². The minimum Gasteiger partial charge on any atom is -0.397 e. The first-order valence-electron chi connectivity index (χ1n) is 5.38. The zero-order valence-electron chi connectivity index (χ0n) is 9.03. The highest BCUT2D eigenvalue weighted by Crippen LogP contribution is 2.24. The van der Waals surface area contributed by atoms with Gasteiger partial charge in [-0.1, -0.05) is 0 Å². The van der Waals surface area contributed by atoms with Crippen molar-refractivity contribution < 1.29 is 5.11 Å². The molecule has 86 valence electrons. The molecule has 16 heavy (non-hydrogen) atoms. The molecule has 1 aromatic heterocycles. The lowest BCUT2D eigenvalue weighted by molar-refractivity contribution is 0.286. The Labute approximate surface area is 93.7 Å². The van der Waals surface area contributed by atoms with Gasteiger partial charge in [0.1, 0.15) is 0 Å². The van der Waals surface area contributed by atoms with Crippen molar-refractivity contribution in [3.05, 3.63) is 18.3 Å². The van der Waals surface area contributed by atoms with Gasteiger partial charge in [-0.25, -0.2) is 0 Å². The van der Waals surface area contributed by atoms with Gasteiger partial charge in [0, 0.05) is 18.5 Å². The Morgan fingerprint density at radius 2 is 2.25 bits per heavy atom. The number of anilines is 2. The van der Waals surface area contributed by atoms with E-state index in [-0.39, 0.29) is 6.61 Å². The van der Waals surface area contributed by atoms with Crippen LogP contribution in [0, 0.1) is 0 Å². The molecule has 1 aromatic carbocycles. The first-order valence-corrected chi connectivity index (χ1v) is 5.38. The Hall–Kier alpha value is -1.75. The summed E-state index contributed by atoms with van der Waals surface area (Å²) in [4.78, 5) is 0. The number of H-pyrrole nitrogens is 1. The highest BCUT2D eigenvalue weighted by Gasteiger charge is 2.02. The van der Waals surface area contributed by atoms with Crippen LogP contribution in [0.1, 0.15) is 12.8 Å². The Morgan fingerprint density at radius 3 is 3.06 bits per heavy atom. The number of nitrogens with zero attached hydrogens (tertiary/aromatic N) is 1. The molecule has 2 rings (SSSR count). The average Bonchev–Trinajstić information content (AvgIpc) is 2.71. The number of aliphatic hydroxyl groups excluding tert-OH is 1. The minimum absolute atomic E-state index is 0.233. The number of unbranched alkanes of at least 4 members (excludes halogenated alkanes) is 1. The molecule has 0 aliphatic rings. The lowest BCUT2D eigenvalue weighted by atomic mass is 10.2. The van der Waals surface area contributed by atoms with Crippen LogP contribution in [-0.4, -0.2) is 28.5 Å². The lowest BCUT2D eigenvalue weighted by Gasteiger charge is -2.08. The maximum atomic E-state index is 8.67. The van der Waals surface area contributed by atoms with Gasteiger partial charge in [-0.2, -0.15) is 5.10 Å². The van der Waals surface area contributed by atoms with Crippen LogP contribution in [0.25, 0.3) is 10.9 Å². The fourth-order valence-corrected chi connectivity index (χ4v) is 1.62. The molecule has 5 heteroatoms.